The Balaban J connectivity index is 1.57. The summed E-state index contributed by atoms with van der Waals surface area (Å²) in [4.78, 5) is 27.6. The van der Waals surface area contributed by atoms with Gasteiger partial charge in [-0.05, 0) is 48.1 Å². The lowest BCUT2D eigenvalue weighted by Crippen LogP contribution is -2.47. The molecule has 4 nitrogen and oxygen atoms in total. The van der Waals surface area contributed by atoms with E-state index >= 15 is 0 Å². The van der Waals surface area contributed by atoms with Gasteiger partial charge < -0.3 is 10.2 Å². The molecule has 134 valence electrons. The summed E-state index contributed by atoms with van der Waals surface area (Å²) < 4.78 is 0.984. The molecule has 0 saturated heterocycles. The first-order chi connectivity index (χ1) is 12.6. The Morgan fingerprint density at radius 2 is 1.92 bits per heavy atom. The molecule has 1 fully saturated rings. The van der Waals surface area contributed by atoms with E-state index < -0.39 is 6.04 Å². The number of carbonyl (C=O) groups excluding carboxylic acids is 2. The largest absolute Gasteiger partial charge is 0.350 e. The number of nitrogens with one attached hydrogen (secondary N) is 1. The Kier molecular flexibility index (Phi) is 4.81. The molecule has 2 aliphatic rings. The highest BCUT2D eigenvalue weighted by atomic mass is 79.9. The summed E-state index contributed by atoms with van der Waals surface area (Å²) in [5.74, 6) is 0.133. The van der Waals surface area contributed by atoms with Crippen LogP contribution in [0.1, 0.15) is 35.6 Å². The normalized spacial score (nSPS) is 19.0. The Hall–Kier alpha value is -2.14. The summed E-state index contributed by atoms with van der Waals surface area (Å²) in [6.45, 7) is 1.06. The summed E-state index contributed by atoms with van der Waals surface area (Å²) in [5, 5.41) is 3.03. The van der Waals surface area contributed by atoms with E-state index in [4.69, 9.17) is 0 Å². The Bertz CT molecular complexity index is 847. The molecular formula is C21H21BrN2O2. The van der Waals surface area contributed by atoms with Crippen LogP contribution in [0.25, 0.3) is 0 Å². The second kappa shape index (κ2) is 7.23. The van der Waals surface area contributed by atoms with Gasteiger partial charge in [0.2, 0.25) is 11.8 Å². The number of hydrogen-bond acceptors (Lipinski definition) is 2. The van der Waals surface area contributed by atoms with Crippen LogP contribution in [0.4, 0.5) is 0 Å². The molecule has 0 bridgehead atoms. The van der Waals surface area contributed by atoms with E-state index in [1.165, 1.54) is 0 Å². The third-order valence-corrected chi connectivity index (χ3v) is 5.59. The van der Waals surface area contributed by atoms with Crippen LogP contribution >= 0.6 is 15.9 Å². The van der Waals surface area contributed by atoms with E-state index in [0.29, 0.717) is 13.1 Å². The van der Waals surface area contributed by atoms with Gasteiger partial charge in [0, 0.05) is 23.5 Å². The van der Waals surface area contributed by atoms with Gasteiger partial charge in [0.05, 0.1) is 0 Å². The molecule has 0 aromatic heterocycles. The molecule has 1 aliphatic carbocycles. The Morgan fingerprint density at radius 3 is 2.69 bits per heavy atom. The zero-order chi connectivity index (χ0) is 18.1. The Labute approximate surface area is 161 Å². The van der Waals surface area contributed by atoms with Crippen molar-refractivity contribution < 1.29 is 9.59 Å². The maximum Gasteiger partial charge on any atom is 0.247 e. The third kappa shape index (κ3) is 3.54. The molecule has 2 aromatic carbocycles. The van der Waals surface area contributed by atoms with Gasteiger partial charge in [0.15, 0.2) is 0 Å². The minimum Gasteiger partial charge on any atom is -0.350 e. The maximum atomic E-state index is 13.1. The molecule has 2 aromatic rings. The van der Waals surface area contributed by atoms with E-state index in [1.54, 1.807) is 4.90 Å². The minimum atomic E-state index is -0.528. The number of halogens is 1. The fraction of sp³-hybridized carbons (Fsp3) is 0.333. The van der Waals surface area contributed by atoms with Crippen LogP contribution < -0.4 is 5.32 Å². The van der Waals surface area contributed by atoms with Gasteiger partial charge in [0.1, 0.15) is 6.04 Å². The van der Waals surface area contributed by atoms with E-state index in [0.717, 1.165) is 40.4 Å². The van der Waals surface area contributed by atoms with Gasteiger partial charge in [-0.25, -0.2) is 0 Å². The molecule has 0 radical (unpaired) electrons. The average molecular weight is 413 g/mol. The van der Waals surface area contributed by atoms with Crippen LogP contribution in [-0.4, -0.2) is 23.3 Å². The third-order valence-electron chi connectivity index (χ3n) is 5.10. The SMILES string of the molecule is O=C(NCc1cccc(Br)c1)C1c2ccccc2CCN1C(=O)C1CC1. The fourth-order valence-corrected chi connectivity index (χ4v) is 4.03. The molecule has 1 aliphatic heterocycles. The lowest BCUT2D eigenvalue weighted by molar-refractivity contribution is -0.142. The number of carbonyl (C=O) groups is 2. The van der Waals surface area contributed by atoms with Crippen molar-refractivity contribution >= 4 is 27.7 Å². The highest BCUT2D eigenvalue weighted by molar-refractivity contribution is 9.10. The monoisotopic (exact) mass is 412 g/mol. The van der Waals surface area contributed by atoms with E-state index in [2.05, 4.69) is 27.3 Å². The highest BCUT2D eigenvalue weighted by Gasteiger charge is 2.41. The molecule has 5 heteroatoms. The summed E-state index contributed by atoms with van der Waals surface area (Å²) in [7, 11) is 0. The predicted octanol–water partition coefficient (Wildman–Crippen LogP) is 3.60. The molecule has 2 amide bonds. The van der Waals surface area contributed by atoms with Crippen molar-refractivity contribution in [3.8, 4) is 0 Å². The first-order valence-electron chi connectivity index (χ1n) is 9.04. The van der Waals surface area contributed by atoms with E-state index in [-0.39, 0.29) is 17.7 Å². The number of nitrogens with zero attached hydrogens (tertiary/aromatic N) is 1. The maximum absolute atomic E-state index is 13.1. The minimum absolute atomic E-state index is 0.105. The quantitative estimate of drug-likeness (QED) is 0.833. The van der Waals surface area contributed by atoms with Crippen molar-refractivity contribution in [1.82, 2.24) is 10.2 Å². The lowest BCUT2D eigenvalue weighted by atomic mass is 9.91. The van der Waals surface area contributed by atoms with Crippen LogP contribution in [-0.2, 0) is 22.6 Å². The molecule has 4 rings (SSSR count). The molecule has 1 atom stereocenters. The van der Waals surface area contributed by atoms with Gasteiger partial charge in [0.25, 0.3) is 0 Å². The summed E-state index contributed by atoms with van der Waals surface area (Å²) in [5.41, 5.74) is 3.14. The Morgan fingerprint density at radius 1 is 1.12 bits per heavy atom. The van der Waals surface area contributed by atoms with Crippen LogP contribution in [0, 0.1) is 5.92 Å². The standard InChI is InChI=1S/C21H21BrN2O2/c22-17-6-3-4-14(12-17)13-23-20(25)19-18-7-2-1-5-15(18)10-11-24(19)21(26)16-8-9-16/h1-7,12,16,19H,8-11,13H2,(H,23,25). The number of fused-ring (bicyclic) bond motifs is 1. The van der Waals surface area contributed by atoms with Crippen LogP contribution in [0.2, 0.25) is 0 Å². The van der Waals surface area contributed by atoms with E-state index in [9.17, 15) is 9.59 Å². The second-order valence-corrected chi connectivity index (χ2v) is 7.92. The van der Waals surface area contributed by atoms with Crippen LogP contribution in [0.15, 0.2) is 53.0 Å². The average Bonchev–Trinajstić information content (AvgIpc) is 3.50. The topological polar surface area (TPSA) is 49.4 Å². The fourth-order valence-electron chi connectivity index (χ4n) is 3.58. The van der Waals surface area contributed by atoms with Crippen molar-refractivity contribution in [2.24, 2.45) is 5.92 Å². The van der Waals surface area contributed by atoms with Crippen molar-refractivity contribution in [3.63, 3.8) is 0 Å². The molecule has 1 saturated carbocycles. The molecule has 1 unspecified atom stereocenters. The van der Waals surface area contributed by atoms with Crippen molar-refractivity contribution in [2.75, 3.05) is 6.54 Å². The summed E-state index contributed by atoms with van der Waals surface area (Å²) >= 11 is 3.45. The molecule has 1 heterocycles. The van der Waals surface area contributed by atoms with Gasteiger partial charge >= 0.3 is 0 Å². The zero-order valence-corrected chi connectivity index (χ0v) is 16.0. The molecule has 26 heavy (non-hydrogen) atoms. The number of hydrogen-bond donors (Lipinski definition) is 1. The van der Waals surface area contributed by atoms with Gasteiger partial charge in [-0.2, -0.15) is 0 Å². The zero-order valence-electron chi connectivity index (χ0n) is 14.5. The van der Waals surface area contributed by atoms with Gasteiger partial charge in [-0.3, -0.25) is 9.59 Å². The van der Waals surface area contributed by atoms with Crippen molar-refractivity contribution in [2.45, 2.75) is 31.8 Å². The number of rotatable bonds is 4. The van der Waals surface area contributed by atoms with Gasteiger partial charge in [-0.1, -0.05) is 52.3 Å². The van der Waals surface area contributed by atoms with Crippen LogP contribution in [0.5, 0.6) is 0 Å². The number of amides is 2. The van der Waals surface area contributed by atoms with E-state index in [1.807, 2.05) is 42.5 Å². The second-order valence-electron chi connectivity index (χ2n) is 7.00. The first-order valence-corrected chi connectivity index (χ1v) is 9.83. The molecular weight excluding hydrogens is 392 g/mol. The summed E-state index contributed by atoms with van der Waals surface area (Å²) in [6.07, 6.45) is 2.71. The lowest BCUT2D eigenvalue weighted by Gasteiger charge is -2.36. The predicted molar refractivity (Wildman–Crippen MR) is 103 cm³/mol. The summed E-state index contributed by atoms with van der Waals surface area (Å²) in [6, 6.07) is 15.3. The van der Waals surface area contributed by atoms with Gasteiger partial charge in [-0.15, -0.1) is 0 Å². The van der Waals surface area contributed by atoms with Crippen molar-refractivity contribution in [3.05, 3.63) is 69.7 Å². The highest BCUT2D eigenvalue weighted by Crippen LogP contribution is 2.37. The van der Waals surface area contributed by atoms with Crippen LogP contribution in [0.3, 0.4) is 0 Å². The first kappa shape index (κ1) is 17.3. The van der Waals surface area contributed by atoms with Crippen molar-refractivity contribution in [1.29, 1.82) is 0 Å². The molecule has 0 spiro atoms. The number of benzene rings is 2. The molecule has 1 N–H and O–H groups in total. The smallest absolute Gasteiger partial charge is 0.247 e.